The first-order valence-electron chi connectivity index (χ1n) is 9.90. The summed E-state index contributed by atoms with van der Waals surface area (Å²) in [6, 6.07) is 2.90. The Labute approximate surface area is 168 Å². The van der Waals surface area contributed by atoms with Gasteiger partial charge in [-0.2, -0.15) is 13.2 Å². The van der Waals surface area contributed by atoms with Crippen molar-refractivity contribution in [2.45, 2.75) is 63.8 Å². The van der Waals surface area contributed by atoms with Crippen LogP contribution in [0.5, 0.6) is 5.88 Å². The Bertz CT molecular complexity index is 715. The van der Waals surface area contributed by atoms with Crippen LogP contribution >= 0.6 is 0 Å². The fraction of sp³-hybridized carbons (Fsp3) is 0.700. The molecule has 162 valence electrons. The molecule has 2 fully saturated rings. The van der Waals surface area contributed by atoms with Crippen LogP contribution in [0, 0.1) is 5.41 Å². The van der Waals surface area contributed by atoms with Crippen molar-refractivity contribution in [1.82, 2.24) is 4.98 Å². The maximum Gasteiger partial charge on any atom is 0.425 e. The van der Waals surface area contributed by atoms with Gasteiger partial charge in [-0.1, -0.05) is 0 Å². The van der Waals surface area contributed by atoms with E-state index in [1.165, 1.54) is 12.3 Å². The fourth-order valence-corrected chi connectivity index (χ4v) is 4.01. The van der Waals surface area contributed by atoms with Crippen LogP contribution in [0.25, 0.3) is 0 Å². The number of ether oxygens (including phenoxy) is 2. The third kappa shape index (κ3) is 4.66. The van der Waals surface area contributed by atoms with E-state index in [1.54, 1.807) is 11.0 Å². The zero-order valence-electron chi connectivity index (χ0n) is 16.7. The molecule has 6 nitrogen and oxygen atoms in total. The van der Waals surface area contributed by atoms with Gasteiger partial charge in [-0.05, 0) is 52.0 Å². The van der Waals surface area contributed by atoms with E-state index in [4.69, 9.17) is 9.47 Å². The lowest BCUT2D eigenvalue weighted by molar-refractivity contribution is -0.189. The second-order valence-corrected chi connectivity index (χ2v) is 8.00. The van der Waals surface area contributed by atoms with Crippen LogP contribution in [0.2, 0.25) is 0 Å². The predicted molar refractivity (Wildman–Crippen MR) is 99.7 cm³/mol. The highest BCUT2D eigenvalue weighted by molar-refractivity contribution is 5.99. The molecule has 0 aromatic carbocycles. The van der Waals surface area contributed by atoms with Crippen LogP contribution in [0.1, 0.15) is 46.0 Å². The highest BCUT2D eigenvalue weighted by Crippen LogP contribution is 2.48. The minimum atomic E-state index is -4.47. The van der Waals surface area contributed by atoms with E-state index in [1.807, 2.05) is 6.92 Å². The molecule has 1 saturated carbocycles. The lowest BCUT2D eigenvalue weighted by atomic mass is 9.68. The number of hydrogen-bond acceptors (Lipinski definition) is 5. The summed E-state index contributed by atoms with van der Waals surface area (Å²) in [6.45, 7) is 4.12. The van der Waals surface area contributed by atoms with Gasteiger partial charge in [-0.25, -0.2) is 4.98 Å². The minimum Gasteiger partial charge on any atom is -0.465 e. The molecule has 1 atom stereocenters. The molecule has 29 heavy (non-hydrogen) atoms. The summed E-state index contributed by atoms with van der Waals surface area (Å²) in [5, 5.41) is 10.6. The van der Waals surface area contributed by atoms with Crippen molar-refractivity contribution in [2.75, 3.05) is 24.7 Å². The van der Waals surface area contributed by atoms with Gasteiger partial charge in [0.2, 0.25) is 11.8 Å². The van der Waals surface area contributed by atoms with E-state index in [0.29, 0.717) is 50.9 Å². The van der Waals surface area contributed by atoms with Crippen molar-refractivity contribution in [3.63, 3.8) is 0 Å². The fourth-order valence-electron chi connectivity index (χ4n) is 4.01. The van der Waals surface area contributed by atoms with Gasteiger partial charge in [-0.15, -0.1) is 0 Å². The lowest BCUT2D eigenvalue weighted by Gasteiger charge is -2.40. The summed E-state index contributed by atoms with van der Waals surface area (Å²) in [4.78, 5) is 18.7. The molecule has 0 bridgehead atoms. The summed E-state index contributed by atoms with van der Waals surface area (Å²) >= 11 is 0. The van der Waals surface area contributed by atoms with Crippen LogP contribution in [0.3, 0.4) is 0 Å². The van der Waals surface area contributed by atoms with E-state index in [-0.39, 0.29) is 18.4 Å². The first kappa shape index (κ1) is 21.8. The number of anilines is 1. The Hall–Kier alpha value is -1.87. The molecule has 1 spiro atoms. The van der Waals surface area contributed by atoms with Crippen molar-refractivity contribution in [2.24, 2.45) is 5.41 Å². The molecule has 2 aliphatic rings. The Kier molecular flexibility index (Phi) is 6.10. The topological polar surface area (TPSA) is 71.9 Å². The Balaban J connectivity index is 1.63. The standard InChI is InChI=1S/C20H27F3N2O4/c1-3-28-13-19(27)8-6-18(7-9-19)10-11-25(17(18)26)15-4-5-16(24-12-15)29-14(2)20(21,22)23/h4-5,12,14,27H,3,6-11,13H2,1-2H3/t14-,18-,19+/m1/s1. The molecular formula is C20H27F3N2O4. The van der Waals surface area contributed by atoms with Crippen LogP contribution in [0.15, 0.2) is 18.3 Å². The first-order valence-corrected chi connectivity index (χ1v) is 9.90. The number of carbonyl (C=O) groups is 1. The van der Waals surface area contributed by atoms with E-state index in [2.05, 4.69) is 4.98 Å². The van der Waals surface area contributed by atoms with Gasteiger partial charge >= 0.3 is 6.18 Å². The molecule has 0 unspecified atom stereocenters. The summed E-state index contributed by atoms with van der Waals surface area (Å²) in [5.74, 6) is -0.159. The molecule has 0 radical (unpaired) electrons. The van der Waals surface area contributed by atoms with E-state index in [0.717, 1.165) is 6.92 Å². The van der Waals surface area contributed by atoms with Gasteiger partial charge in [0.05, 0.1) is 29.5 Å². The number of hydrogen-bond donors (Lipinski definition) is 1. The number of aliphatic hydroxyl groups is 1. The van der Waals surface area contributed by atoms with Crippen molar-refractivity contribution < 1.29 is 32.5 Å². The summed E-state index contributed by atoms with van der Waals surface area (Å²) in [7, 11) is 0. The number of alkyl halides is 3. The van der Waals surface area contributed by atoms with Gasteiger partial charge in [0.25, 0.3) is 0 Å². The number of pyridine rings is 1. The third-order valence-corrected chi connectivity index (χ3v) is 6.02. The number of nitrogens with zero attached hydrogens (tertiary/aromatic N) is 2. The average Bonchev–Trinajstić information content (AvgIpc) is 2.99. The molecule has 1 aromatic heterocycles. The lowest BCUT2D eigenvalue weighted by Crippen LogP contribution is -2.45. The van der Waals surface area contributed by atoms with Crippen molar-refractivity contribution in [3.05, 3.63) is 18.3 Å². The number of aromatic nitrogens is 1. The van der Waals surface area contributed by atoms with E-state index in [9.17, 15) is 23.1 Å². The van der Waals surface area contributed by atoms with E-state index < -0.39 is 23.3 Å². The SMILES string of the molecule is CCOC[C@]1(O)CC[C@]2(CCN(c3ccc(O[C@H](C)C(F)(F)F)nc3)C2=O)CC1. The Morgan fingerprint density at radius 3 is 2.48 bits per heavy atom. The second-order valence-electron chi connectivity index (χ2n) is 8.00. The highest BCUT2D eigenvalue weighted by atomic mass is 19.4. The molecule has 1 amide bonds. The molecule has 1 aromatic rings. The van der Waals surface area contributed by atoms with Crippen molar-refractivity contribution in [1.29, 1.82) is 0 Å². The smallest absolute Gasteiger partial charge is 0.425 e. The van der Waals surface area contributed by atoms with Crippen molar-refractivity contribution in [3.8, 4) is 5.88 Å². The van der Waals surface area contributed by atoms with Crippen molar-refractivity contribution >= 4 is 11.6 Å². The number of rotatable bonds is 6. The molecule has 9 heteroatoms. The number of amides is 1. The van der Waals surface area contributed by atoms with Gasteiger partial charge in [0.15, 0.2) is 6.10 Å². The third-order valence-electron chi connectivity index (χ3n) is 6.02. The van der Waals surface area contributed by atoms with Crippen LogP contribution in [0.4, 0.5) is 18.9 Å². The normalized spacial score (nSPS) is 28.8. The largest absolute Gasteiger partial charge is 0.465 e. The van der Waals surface area contributed by atoms with Gasteiger partial charge in [0, 0.05) is 19.2 Å². The predicted octanol–water partition coefficient (Wildman–Crippen LogP) is 3.48. The van der Waals surface area contributed by atoms with Gasteiger partial charge < -0.3 is 19.5 Å². The van der Waals surface area contributed by atoms with Crippen LogP contribution < -0.4 is 9.64 Å². The van der Waals surface area contributed by atoms with Crippen LogP contribution in [-0.4, -0.2) is 53.6 Å². The van der Waals surface area contributed by atoms with E-state index >= 15 is 0 Å². The summed E-state index contributed by atoms with van der Waals surface area (Å²) in [5.41, 5.74) is -0.850. The first-order chi connectivity index (χ1) is 13.6. The summed E-state index contributed by atoms with van der Waals surface area (Å²) < 4.78 is 48.0. The number of halogens is 3. The second kappa shape index (κ2) is 8.10. The molecule has 1 saturated heterocycles. The quantitative estimate of drug-likeness (QED) is 0.769. The Morgan fingerprint density at radius 1 is 1.24 bits per heavy atom. The maximum atomic E-state index is 13.1. The number of carbonyl (C=O) groups excluding carboxylic acids is 1. The maximum absolute atomic E-state index is 13.1. The molecule has 1 aliphatic carbocycles. The van der Waals surface area contributed by atoms with Crippen LogP contribution in [-0.2, 0) is 9.53 Å². The van der Waals surface area contributed by atoms with Gasteiger partial charge in [-0.3, -0.25) is 4.79 Å². The van der Waals surface area contributed by atoms with Gasteiger partial charge in [0.1, 0.15) is 0 Å². The zero-order valence-corrected chi connectivity index (χ0v) is 16.7. The minimum absolute atomic E-state index is 0.0184. The molecule has 1 N–H and O–H groups in total. The molecule has 3 rings (SSSR count). The zero-order chi connectivity index (χ0) is 21.3. The monoisotopic (exact) mass is 416 g/mol. The molecule has 2 heterocycles. The molecule has 1 aliphatic heterocycles. The average molecular weight is 416 g/mol. The molecular weight excluding hydrogens is 389 g/mol. The Morgan fingerprint density at radius 2 is 1.93 bits per heavy atom. The highest BCUT2D eigenvalue weighted by Gasteiger charge is 2.51. The summed E-state index contributed by atoms with van der Waals surface area (Å²) in [6.07, 6.45) is -2.20.